The van der Waals surface area contributed by atoms with Crippen LogP contribution in [0.15, 0.2) is 0 Å². The Kier molecular flexibility index (Phi) is 52.2. The van der Waals surface area contributed by atoms with Crippen LogP contribution in [0.25, 0.3) is 0 Å². The number of carbonyl (C=O) groups is 4. The van der Waals surface area contributed by atoms with E-state index in [1.807, 2.05) is 0 Å². The molecule has 0 rings (SSSR count). The van der Waals surface area contributed by atoms with E-state index in [0.717, 1.165) is 108 Å². The molecule has 4 unspecified atom stereocenters. The molecule has 0 aromatic heterocycles. The summed E-state index contributed by atoms with van der Waals surface area (Å²) in [5.41, 5.74) is 0. The Morgan fingerprint density at radius 3 is 0.938 bits per heavy atom. The van der Waals surface area contributed by atoms with Gasteiger partial charge in [0.25, 0.3) is 0 Å². The Labute approximate surface area is 492 Å². The number of rotatable bonds is 60. The Hall–Kier alpha value is -1.94. The molecule has 0 aliphatic heterocycles. The molecule has 81 heavy (non-hydrogen) atoms. The van der Waals surface area contributed by atoms with Gasteiger partial charge in [0.2, 0.25) is 0 Å². The fourth-order valence-electron chi connectivity index (χ4n) is 9.06. The summed E-state index contributed by atoms with van der Waals surface area (Å²) in [6.45, 7) is 11.7. The molecule has 0 aromatic carbocycles. The fraction of sp³-hybridized carbons (Fsp3) is 0.935. The largest absolute Gasteiger partial charge is 0.472 e. The number of ether oxygens (including phenoxy) is 4. The van der Waals surface area contributed by atoms with Crippen molar-refractivity contribution in [3.05, 3.63) is 0 Å². The zero-order valence-corrected chi connectivity index (χ0v) is 54.0. The molecule has 0 aliphatic rings. The van der Waals surface area contributed by atoms with Crippen molar-refractivity contribution in [2.75, 3.05) is 39.6 Å². The van der Waals surface area contributed by atoms with Gasteiger partial charge in [0, 0.05) is 25.7 Å². The van der Waals surface area contributed by atoms with Gasteiger partial charge in [-0.25, -0.2) is 9.13 Å². The first kappa shape index (κ1) is 79.1. The average molecular weight is 1200 g/mol. The zero-order valence-electron chi connectivity index (χ0n) is 52.2. The average Bonchev–Trinajstić information content (AvgIpc) is 3.44. The molecule has 0 fully saturated rings. The minimum Gasteiger partial charge on any atom is -0.462 e. The van der Waals surface area contributed by atoms with Crippen LogP contribution in [0.3, 0.4) is 0 Å². The number of phosphoric ester groups is 2. The lowest BCUT2D eigenvalue weighted by Crippen LogP contribution is -2.30. The molecule has 7 atom stereocenters. The summed E-state index contributed by atoms with van der Waals surface area (Å²) in [5.74, 6) is 0.0707. The van der Waals surface area contributed by atoms with Gasteiger partial charge < -0.3 is 33.8 Å². The van der Waals surface area contributed by atoms with Gasteiger partial charge in [0.15, 0.2) is 12.2 Å². The van der Waals surface area contributed by atoms with Crippen molar-refractivity contribution in [2.24, 2.45) is 17.8 Å². The van der Waals surface area contributed by atoms with Crippen molar-refractivity contribution < 1.29 is 80.2 Å². The third kappa shape index (κ3) is 54.5. The van der Waals surface area contributed by atoms with Gasteiger partial charge in [-0.05, 0) is 43.4 Å². The van der Waals surface area contributed by atoms with E-state index in [4.69, 9.17) is 37.0 Å². The molecule has 0 spiro atoms. The maximum absolute atomic E-state index is 13.0. The minimum absolute atomic E-state index is 0.101. The van der Waals surface area contributed by atoms with Crippen molar-refractivity contribution in [3.8, 4) is 0 Å². The van der Waals surface area contributed by atoms with Gasteiger partial charge >= 0.3 is 39.5 Å². The molecule has 480 valence electrons. The first-order chi connectivity index (χ1) is 38.8. The van der Waals surface area contributed by atoms with Crippen LogP contribution >= 0.6 is 15.6 Å². The number of aliphatic hydroxyl groups excluding tert-OH is 1. The lowest BCUT2D eigenvalue weighted by molar-refractivity contribution is -0.161. The number of esters is 4. The quantitative estimate of drug-likeness (QED) is 0.0222. The highest BCUT2D eigenvalue weighted by Crippen LogP contribution is 2.45. The van der Waals surface area contributed by atoms with Gasteiger partial charge in [-0.15, -0.1) is 0 Å². The van der Waals surface area contributed by atoms with Crippen LogP contribution < -0.4 is 0 Å². The molecular weight excluding hydrogens is 1080 g/mol. The number of hydrogen-bond donors (Lipinski definition) is 3. The fourth-order valence-corrected chi connectivity index (χ4v) is 10.6. The Morgan fingerprint density at radius 2 is 0.630 bits per heavy atom. The monoisotopic (exact) mass is 1200 g/mol. The van der Waals surface area contributed by atoms with E-state index in [9.17, 15) is 43.2 Å². The molecule has 0 radical (unpaired) electrons. The molecule has 0 heterocycles. The van der Waals surface area contributed by atoms with Crippen LogP contribution in [0.5, 0.6) is 0 Å². The van der Waals surface area contributed by atoms with E-state index in [2.05, 4.69) is 48.5 Å². The molecule has 3 N–H and O–H groups in total. The number of unbranched alkanes of at least 4 members (excludes halogenated alkanes) is 26. The van der Waals surface area contributed by atoms with Crippen LogP contribution in [0, 0.1) is 17.8 Å². The molecular formula is C62H120O17P2. The lowest BCUT2D eigenvalue weighted by atomic mass is 9.99. The molecule has 19 heteroatoms. The van der Waals surface area contributed by atoms with E-state index < -0.39 is 97.5 Å². The third-order valence-corrected chi connectivity index (χ3v) is 16.8. The Balaban J connectivity index is 5.24. The molecule has 17 nitrogen and oxygen atoms in total. The SMILES string of the molecule is CCCCCCCCCCC(=O)OC[C@H](COP(=O)(O)OC[C@H](O)COP(=O)(O)OC[C@@H](COC(=O)CCCCCCCCCCC(C)CC)OC(=O)CCCCCCCCCCC(C)CC)OC(=O)CCCCCCCCC(C)C. The molecule has 0 saturated heterocycles. The first-order valence-electron chi connectivity index (χ1n) is 32.4. The van der Waals surface area contributed by atoms with Gasteiger partial charge in [0.1, 0.15) is 19.3 Å². The molecule has 0 aromatic rings. The highest BCUT2D eigenvalue weighted by atomic mass is 31.2. The zero-order chi connectivity index (χ0) is 60.3. The van der Waals surface area contributed by atoms with Crippen molar-refractivity contribution in [1.29, 1.82) is 0 Å². The third-order valence-electron chi connectivity index (χ3n) is 14.9. The number of carbonyl (C=O) groups excluding carboxylic acids is 4. The summed E-state index contributed by atoms with van der Waals surface area (Å²) in [6, 6.07) is 0. The molecule has 0 aliphatic carbocycles. The Morgan fingerprint density at radius 1 is 0.358 bits per heavy atom. The van der Waals surface area contributed by atoms with Crippen molar-refractivity contribution in [3.63, 3.8) is 0 Å². The number of hydrogen-bond acceptors (Lipinski definition) is 15. The van der Waals surface area contributed by atoms with Gasteiger partial charge in [-0.3, -0.25) is 37.3 Å². The second kappa shape index (κ2) is 53.5. The second-order valence-corrected chi connectivity index (χ2v) is 26.3. The van der Waals surface area contributed by atoms with E-state index in [-0.39, 0.29) is 25.7 Å². The summed E-state index contributed by atoms with van der Waals surface area (Å²) in [7, 11) is -9.88. The van der Waals surface area contributed by atoms with Crippen LogP contribution in [-0.4, -0.2) is 96.7 Å². The van der Waals surface area contributed by atoms with Crippen LogP contribution in [0.4, 0.5) is 0 Å². The Bertz CT molecular complexity index is 1620. The van der Waals surface area contributed by atoms with Crippen molar-refractivity contribution in [1.82, 2.24) is 0 Å². The van der Waals surface area contributed by atoms with E-state index in [1.165, 1.54) is 103 Å². The number of aliphatic hydroxyl groups is 1. The minimum atomic E-state index is -4.94. The smallest absolute Gasteiger partial charge is 0.462 e. The van der Waals surface area contributed by atoms with Crippen LogP contribution in [0.2, 0.25) is 0 Å². The summed E-state index contributed by atoms with van der Waals surface area (Å²) >= 11 is 0. The van der Waals surface area contributed by atoms with E-state index in [0.29, 0.717) is 31.6 Å². The van der Waals surface area contributed by atoms with Gasteiger partial charge in [-0.2, -0.15) is 0 Å². The predicted molar refractivity (Wildman–Crippen MR) is 321 cm³/mol. The molecule has 0 saturated carbocycles. The summed E-state index contributed by atoms with van der Waals surface area (Å²) in [4.78, 5) is 72.0. The van der Waals surface area contributed by atoms with Crippen molar-refractivity contribution >= 4 is 39.5 Å². The van der Waals surface area contributed by atoms with Gasteiger partial charge in [0.05, 0.1) is 26.4 Å². The lowest BCUT2D eigenvalue weighted by Gasteiger charge is -2.21. The van der Waals surface area contributed by atoms with Crippen LogP contribution in [0.1, 0.15) is 299 Å². The topological polar surface area (TPSA) is 237 Å². The maximum atomic E-state index is 13.0. The van der Waals surface area contributed by atoms with Crippen molar-refractivity contribution in [2.45, 2.75) is 317 Å². The predicted octanol–water partition coefficient (Wildman–Crippen LogP) is 16.7. The van der Waals surface area contributed by atoms with E-state index in [1.54, 1.807) is 0 Å². The van der Waals surface area contributed by atoms with E-state index >= 15 is 0 Å². The summed E-state index contributed by atoms with van der Waals surface area (Å²) < 4.78 is 67.8. The standard InChI is InChI=1S/C62H120O17P2/c1-8-11-12-13-14-21-29-36-43-59(64)72-50-58(79-62(67)46-39-32-25-24-26-33-40-53(4)5)52-77-81(70,71)75-48-56(63)47-74-80(68,69)76-51-57(78-61(66)45-38-31-23-18-16-20-28-35-42-55(7)10-3)49-73-60(65)44-37-30-22-17-15-19-27-34-41-54(6)9-2/h53-58,63H,8-52H2,1-7H3,(H,68,69)(H,70,71)/t54?,55?,56-,57-,58-/m1/s1. The normalized spacial score (nSPS) is 15.1. The summed E-state index contributed by atoms with van der Waals surface area (Å²) in [6.07, 6.45) is 33.6. The highest BCUT2D eigenvalue weighted by molar-refractivity contribution is 7.47. The molecule has 0 amide bonds. The van der Waals surface area contributed by atoms with Crippen LogP contribution in [-0.2, 0) is 65.4 Å². The maximum Gasteiger partial charge on any atom is 0.472 e. The summed E-state index contributed by atoms with van der Waals surface area (Å²) in [5, 5.41) is 10.5. The molecule has 0 bridgehead atoms. The van der Waals surface area contributed by atoms with Gasteiger partial charge in [-0.1, -0.05) is 248 Å². The second-order valence-electron chi connectivity index (χ2n) is 23.4. The highest BCUT2D eigenvalue weighted by Gasteiger charge is 2.30. The first-order valence-corrected chi connectivity index (χ1v) is 35.4. The number of phosphoric acid groups is 2.